The molecule has 1 N–H and O–H groups in total. The fourth-order valence-electron chi connectivity index (χ4n) is 2.25. The van der Waals surface area contributed by atoms with E-state index in [-0.39, 0.29) is 17.0 Å². The fraction of sp³-hybridized carbons (Fsp3) is 0.111. The van der Waals surface area contributed by atoms with Crippen molar-refractivity contribution in [3.63, 3.8) is 0 Å². The Labute approximate surface area is 169 Å². The van der Waals surface area contributed by atoms with E-state index in [1.807, 2.05) is 0 Å². The highest BCUT2D eigenvalue weighted by molar-refractivity contribution is 6.06. The van der Waals surface area contributed by atoms with Gasteiger partial charge in [0.2, 0.25) is 0 Å². The molecule has 13 heteroatoms. The number of benzene rings is 1. The summed E-state index contributed by atoms with van der Waals surface area (Å²) < 4.78 is 84.9. The van der Waals surface area contributed by atoms with E-state index in [1.54, 1.807) is 0 Å². The fourth-order valence-corrected chi connectivity index (χ4v) is 2.25. The van der Waals surface area contributed by atoms with Crippen molar-refractivity contribution < 1.29 is 40.6 Å². The van der Waals surface area contributed by atoms with Crippen molar-refractivity contribution in [3.8, 4) is 17.2 Å². The molecule has 0 atom stereocenters. The molecule has 0 unspecified atom stereocenters. The number of hydrogen-bond donors (Lipinski definition) is 1. The minimum Gasteiger partial charge on any atom is -0.456 e. The van der Waals surface area contributed by atoms with Gasteiger partial charge >= 0.3 is 12.5 Å². The Kier molecular flexibility index (Phi) is 5.95. The molecule has 0 saturated heterocycles. The van der Waals surface area contributed by atoms with Crippen LogP contribution in [0.15, 0.2) is 55.0 Å². The Morgan fingerprint density at radius 2 is 1.58 bits per heavy atom. The Bertz CT molecular complexity index is 1060. The number of amides is 1. The highest BCUT2D eigenvalue weighted by atomic mass is 19.4. The number of nitrogens with zero attached hydrogens (tertiary/aromatic N) is 3. The number of nitrogens with one attached hydrogen (secondary N) is 1. The molecule has 0 fully saturated rings. The van der Waals surface area contributed by atoms with Gasteiger partial charge in [0.05, 0.1) is 18.1 Å². The lowest BCUT2D eigenvalue weighted by molar-refractivity contribution is -0.274. The molecular weight excluding hydrogens is 434 g/mol. The van der Waals surface area contributed by atoms with Gasteiger partial charge in [-0.1, -0.05) is 0 Å². The molecule has 2 aromatic heterocycles. The number of carbonyl (C=O) groups excluding carboxylic acids is 1. The van der Waals surface area contributed by atoms with Gasteiger partial charge in [0.15, 0.2) is 0 Å². The normalized spacial score (nSPS) is 11.7. The lowest BCUT2D eigenvalue weighted by atomic mass is 10.2. The van der Waals surface area contributed by atoms with Crippen LogP contribution < -0.4 is 14.8 Å². The van der Waals surface area contributed by atoms with Crippen LogP contribution in [0.1, 0.15) is 16.1 Å². The molecule has 0 aliphatic carbocycles. The zero-order chi connectivity index (χ0) is 22.6. The number of rotatable bonds is 5. The van der Waals surface area contributed by atoms with E-state index in [2.05, 4.69) is 25.2 Å². The van der Waals surface area contributed by atoms with Crippen LogP contribution in [0.2, 0.25) is 0 Å². The molecule has 3 rings (SSSR count). The first kappa shape index (κ1) is 21.8. The summed E-state index contributed by atoms with van der Waals surface area (Å²) in [5.74, 6) is -2.09. The summed E-state index contributed by atoms with van der Waals surface area (Å²) in [4.78, 5) is 15.7. The number of alkyl halides is 6. The van der Waals surface area contributed by atoms with Crippen LogP contribution in [-0.4, -0.2) is 27.5 Å². The second-order valence-corrected chi connectivity index (χ2v) is 5.77. The average molecular weight is 444 g/mol. The Morgan fingerprint density at radius 1 is 0.903 bits per heavy atom. The van der Waals surface area contributed by atoms with E-state index < -0.39 is 35.6 Å². The van der Waals surface area contributed by atoms with Crippen LogP contribution in [0.25, 0.3) is 0 Å². The van der Waals surface area contributed by atoms with Gasteiger partial charge in [-0.05, 0) is 30.3 Å². The van der Waals surface area contributed by atoms with Crippen molar-refractivity contribution in [3.05, 3.63) is 66.2 Å². The van der Waals surface area contributed by atoms with Gasteiger partial charge in [0.25, 0.3) is 5.91 Å². The molecule has 0 aliphatic heterocycles. The maximum absolute atomic E-state index is 13.0. The van der Waals surface area contributed by atoms with Crippen LogP contribution >= 0.6 is 0 Å². The SMILES string of the molecule is O=C(Nc1ccnnc1)c1cnc(C(F)(F)F)cc1Oc1ccc(OC(F)(F)F)cc1. The van der Waals surface area contributed by atoms with E-state index in [0.717, 1.165) is 24.3 Å². The van der Waals surface area contributed by atoms with Gasteiger partial charge in [-0.2, -0.15) is 23.4 Å². The maximum Gasteiger partial charge on any atom is 0.573 e. The van der Waals surface area contributed by atoms with E-state index in [4.69, 9.17) is 4.74 Å². The van der Waals surface area contributed by atoms with Crippen LogP contribution in [0.3, 0.4) is 0 Å². The summed E-state index contributed by atoms with van der Waals surface area (Å²) >= 11 is 0. The molecule has 0 aliphatic rings. The monoisotopic (exact) mass is 444 g/mol. The second-order valence-electron chi connectivity index (χ2n) is 5.77. The zero-order valence-corrected chi connectivity index (χ0v) is 15.0. The summed E-state index contributed by atoms with van der Waals surface area (Å²) in [6.07, 6.45) is -6.59. The van der Waals surface area contributed by atoms with Gasteiger partial charge in [0, 0.05) is 12.3 Å². The van der Waals surface area contributed by atoms with E-state index in [0.29, 0.717) is 12.3 Å². The van der Waals surface area contributed by atoms with Crippen LogP contribution in [0.4, 0.5) is 32.0 Å². The number of anilines is 1. The third-order valence-electron chi connectivity index (χ3n) is 3.53. The molecule has 1 aromatic carbocycles. The number of pyridine rings is 1. The van der Waals surface area contributed by atoms with Gasteiger partial charge < -0.3 is 14.8 Å². The third kappa shape index (κ3) is 6.04. The molecular formula is C18H10F6N4O3. The lowest BCUT2D eigenvalue weighted by Gasteiger charge is -2.14. The van der Waals surface area contributed by atoms with Crippen molar-refractivity contribution in [2.75, 3.05) is 5.32 Å². The van der Waals surface area contributed by atoms with Crippen LogP contribution in [0, 0.1) is 0 Å². The molecule has 31 heavy (non-hydrogen) atoms. The third-order valence-corrected chi connectivity index (χ3v) is 3.53. The molecule has 3 aromatic rings. The zero-order valence-electron chi connectivity index (χ0n) is 15.0. The Morgan fingerprint density at radius 3 is 2.16 bits per heavy atom. The number of hydrogen-bond acceptors (Lipinski definition) is 6. The van der Waals surface area contributed by atoms with E-state index >= 15 is 0 Å². The molecule has 2 heterocycles. The first-order chi connectivity index (χ1) is 14.5. The predicted octanol–water partition coefficient (Wildman–Crippen LogP) is 4.83. The largest absolute Gasteiger partial charge is 0.573 e. The lowest BCUT2D eigenvalue weighted by Crippen LogP contribution is -2.17. The summed E-state index contributed by atoms with van der Waals surface area (Å²) in [6.45, 7) is 0. The van der Waals surface area contributed by atoms with Crippen molar-refractivity contribution in [1.82, 2.24) is 15.2 Å². The van der Waals surface area contributed by atoms with Gasteiger partial charge in [-0.25, -0.2) is 0 Å². The summed E-state index contributed by atoms with van der Waals surface area (Å²) in [6, 6.07) is 5.75. The van der Waals surface area contributed by atoms with Crippen molar-refractivity contribution >= 4 is 11.6 Å². The topological polar surface area (TPSA) is 86.2 Å². The molecule has 162 valence electrons. The molecule has 0 saturated carbocycles. The summed E-state index contributed by atoms with van der Waals surface area (Å²) in [7, 11) is 0. The maximum atomic E-state index is 13.0. The van der Waals surface area contributed by atoms with E-state index in [1.165, 1.54) is 18.5 Å². The smallest absolute Gasteiger partial charge is 0.456 e. The highest BCUT2D eigenvalue weighted by Crippen LogP contribution is 2.34. The first-order valence-electron chi connectivity index (χ1n) is 8.20. The second kappa shape index (κ2) is 8.45. The number of halogens is 6. The van der Waals surface area contributed by atoms with Gasteiger partial charge in [-0.3, -0.25) is 9.78 Å². The van der Waals surface area contributed by atoms with Crippen molar-refractivity contribution in [2.24, 2.45) is 0 Å². The minimum absolute atomic E-state index is 0.145. The minimum atomic E-state index is -4.91. The molecule has 0 spiro atoms. The Balaban J connectivity index is 1.90. The molecule has 0 radical (unpaired) electrons. The highest BCUT2D eigenvalue weighted by Gasteiger charge is 2.34. The average Bonchev–Trinajstić information content (AvgIpc) is 2.68. The predicted molar refractivity (Wildman–Crippen MR) is 92.4 cm³/mol. The van der Waals surface area contributed by atoms with Crippen LogP contribution in [-0.2, 0) is 6.18 Å². The number of aromatic nitrogens is 3. The molecule has 0 bridgehead atoms. The van der Waals surface area contributed by atoms with Crippen molar-refractivity contribution in [1.29, 1.82) is 0 Å². The molecule has 1 amide bonds. The standard InChI is InChI=1S/C18H10F6N4O3/c19-17(20,21)15-7-14(30-11-1-3-12(4-2-11)31-18(22,23)24)13(9-25-15)16(29)28-10-5-6-26-27-8-10/h1-9H,(H,26,28,29). The van der Waals surface area contributed by atoms with E-state index in [9.17, 15) is 31.1 Å². The quantitative estimate of drug-likeness (QED) is 0.568. The summed E-state index contributed by atoms with van der Waals surface area (Å²) in [5, 5.41) is 9.46. The summed E-state index contributed by atoms with van der Waals surface area (Å²) in [5.41, 5.74) is -1.48. The van der Waals surface area contributed by atoms with Crippen LogP contribution in [0.5, 0.6) is 17.2 Å². The van der Waals surface area contributed by atoms with Gasteiger partial charge in [0.1, 0.15) is 28.5 Å². The van der Waals surface area contributed by atoms with Gasteiger partial charge in [-0.15, -0.1) is 13.2 Å². The number of ether oxygens (including phenoxy) is 2. The Hall–Kier alpha value is -3.90. The first-order valence-corrected chi connectivity index (χ1v) is 8.20. The number of carbonyl (C=O) groups is 1. The molecule has 7 nitrogen and oxygen atoms in total. The van der Waals surface area contributed by atoms with Crippen molar-refractivity contribution in [2.45, 2.75) is 12.5 Å².